The van der Waals surface area contributed by atoms with E-state index in [2.05, 4.69) is 45.2 Å². The van der Waals surface area contributed by atoms with Gasteiger partial charge in [-0.2, -0.15) is 0 Å². The van der Waals surface area contributed by atoms with Crippen LogP contribution in [0.3, 0.4) is 0 Å². The largest absolute Gasteiger partial charge is 0.495 e. The van der Waals surface area contributed by atoms with Crippen LogP contribution in [0, 0.1) is 7.14 Å². The van der Waals surface area contributed by atoms with Gasteiger partial charge in [-0.05, 0) is 93.6 Å². The number of carbonyl (C=O) groups excluding carboxylic acids is 1. The van der Waals surface area contributed by atoms with Gasteiger partial charge >= 0.3 is 5.97 Å². The Kier molecular flexibility index (Phi) is 9.38. The summed E-state index contributed by atoms with van der Waals surface area (Å²) < 4.78 is 26.0. The van der Waals surface area contributed by atoms with Crippen molar-refractivity contribution in [2.45, 2.75) is 13.0 Å². The minimum absolute atomic E-state index is 0.169. The Morgan fingerprint density at radius 2 is 1.67 bits per heavy atom. The molecule has 0 saturated heterocycles. The molecule has 1 aromatic heterocycles. The van der Waals surface area contributed by atoms with E-state index in [1.807, 2.05) is 54.6 Å². The molecule has 1 atom stereocenters. The Morgan fingerprint density at radius 1 is 0.976 bits per heavy atom. The molecule has 8 nitrogen and oxygen atoms in total. The fourth-order valence-electron chi connectivity index (χ4n) is 4.79. The summed E-state index contributed by atoms with van der Waals surface area (Å²) in [5.74, 6) is 1.24. The molecule has 3 aromatic carbocycles. The van der Waals surface area contributed by atoms with E-state index >= 15 is 0 Å². The summed E-state index contributed by atoms with van der Waals surface area (Å²) >= 11 is 5.71. The summed E-state index contributed by atoms with van der Waals surface area (Å²) in [6.07, 6.45) is 1.84. The molecule has 0 fully saturated rings. The van der Waals surface area contributed by atoms with Gasteiger partial charge in [-0.3, -0.25) is 9.36 Å². The van der Waals surface area contributed by atoms with E-state index in [1.54, 1.807) is 45.0 Å². The van der Waals surface area contributed by atoms with Crippen LogP contribution in [0.15, 0.2) is 76.0 Å². The van der Waals surface area contributed by atoms with E-state index in [-0.39, 0.29) is 17.7 Å². The molecule has 0 spiro atoms. The zero-order chi connectivity index (χ0) is 30.0. The Bertz CT molecular complexity index is 1860. The molecule has 4 aromatic rings. The number of halogens is 2. The lowest BCUT2D eigenvalue weighted by atomic mass is 9.93. The average Bonchev–Trinajstić information content (AvgIpc) is 3.30. The number of fused-ring (bicyclic) bond motifs is 1. The molecule has 0 unspecified atom stereocenters. The van der Waals surface area contributed by atoms with Crippen LogP contribution in [0.2, 0.25) is 0 Å². The molecular formula is C31H26I2N2O6S. The Hall–Kier alpha value is -3.17. The highest BCUT2D eigenvalue weighted by Crippen LogP contribution is 2.38. The third kappa shape index (κ3) is 5.73. The standard InChI is InChI=1S/C31H26I2N2O6S/c1-5-41-30(37)25-26(18-9-7-6-8-10-18)34-31-35(27(25)19-11-12-22(38-2)23(16-19)39-3)29(36)24(42-31)15-17-13-20(32)28(40-4)21(33)14-17/h6-16,27H,5H2,1-4H3/b24-15-/t27-/m1/s1. The van der Waals surface area contributed by atoms with Gasteiger partial charge in [0.15, 0.2) is 16.3 Å². The van der Waals surface area contributed by atoms with Crippen LogP contribution in [0.25, 0.3) is 11.8 Å². The van der Waals surface area contributed by atoms with Crippen LogP contribution < -0.4 is 29.1 Å². The van der Waals surface area contributed by atoms with Crippen molar-refractivity contribution in [3.05, 3.63) is 110 Å². The number of hydrogen-bond donors (Lipinski definition) is 0. The van der Waals surface area contributed by atoms with E-state index < -0.39 is 12.0 Å². The molecular weight excluding hydrogens is 782 g/mol. The quantitative estimate of drug-likeness (QED) is 0.181. The van der Waals surface area contributed by atoms with Gasteiger partial charge in [-0.15, -0.1) is 0 Å². The van der Waals surface area contributed by atoms with Gasteiger partial charge in [0.2, 0.25) is 0 Å². The van der Waals surface area contributed by atoms with E-state index in [4.69, 9.17) is 23.9 Å². The number of nitrogens with zero attached hydrogens (tertiary/aromatic N) is 2. The van der Waals surface area contributed by atoms with Crippen LogP contribution in [-0.2, 0) is 9.53 Å². The summed E-state index contributed by atoms with van der Waals surface area (Å²) in [5, 5.41) is 0. The first kappa shape index (κ1) is 30.3. The van der Waals surface area contributed by atoms with E-state index in [0.29, 0.717) is 32.1 Å². The molecule has 216 valence electrons. The lowest BCUT2D eigenvalue weighted by Crippen LogP contribution is -2.40. The maximum Gasteiger partial charge on any atom is 0.338 e. The molecule has 1 aliphatic rings. The number of aromatic nitrogens is 1. The topological polar surface area (TPSA) is 88.4 Å². The number of esters is 1. The van der Waals surface area contributed by atoms with Crippen LogP contribution in [0.4, 0.5) is 0 Å². The van der Waals surface area contributed by atoms with Gasteiger partial charge in [0.25, 0.3) is 5.56 Å². The predicted octanol–water partition coefficient (Wildman–Crippen LogP) is 5.17. The van der Waals surface area contributed by atoms with E-state index in [9.17, 15) is 9.59 Å². The summed E-state index contributed by atoms with van der Waals surface area (Å²) in [6, 6.07) is 17.9. The minimum atomic E-state index is -0.825. The van der Waals surface area contributed by atoms with Crippen molar-refractivity contribution in [3.63, 3.8) is 0 Å². The highest BCUT2D eigenvalue weighted by atomic mass is 127. The third-order valence-corrected chi connectivity index (χ3v) is 9.21. The van der Waals surface area contributed by atoms with Crippen molar-refractivity contribution < 1.29 is 23.7 Å². The fraction of sp³-hybridized carbons (Fsp3) is 0.194. The number of benzene rings is 3. The van der Waals surface area contributed by atoms with Gasteiger partial charge in [-0.25, -0.2) is 9.79 Å². The van der Waals surface area contributed by atoms with Crippen molar-refractivity contribution in [1.82, 2.24) is 4.57 Å². The second kappa shape index (κ2) is 13.0. The highest BCUT2D eigenvalue weighted by molar-refractivity contribution is 14.1. The first-order valence-corrected chi connectivity index (χ1v) is 15.8. The normalized spacial score (nSPS) is 14.7. The number of methoxy groups -OCH3 is 3. The van der Waals surface area contributed by atoms with Crippen molar-refractivity contribution in [3.8, 4) is 17.2 Å². The van der Waals surface area contributed by atoms with Crippen molar-refractivity contribution in [2.24, 2.45) is 4.99 Å². The zero-order valence-corrected chi connectivity index (χ0v) is 28.3. The van der Waals surface area contributed by atoms with Crippen LogP contribution >= 0.6 is 56.5 Å². The van der Waals surface area contributed by atoms with Crippen LogP contribution in [-0.4, -0.2) is 38.5 Å². The van der Waals surface area contributed by atoms with Gasteiger partial charge in [0.1, 0.15) is 5.75 Å². The lowest BCUT2D eigenvalue weighted by molar-refractivity contribution is -0.138. The monoisotopic (exact) mass is 808 g/mol. The minimum Gasteiger partial charge on any atom is -0.495 e. The van der Waals surface area contributed by atoms with Gasteiger partial charge in [-0.1, -0.05) is 47.7 Å². The number of rotatable bonds is 8. The second-order valence-electron chi connectivity index (χ2n) is 9.06. The summed E-state index contributed by atoms with van der Waals surface area (Å²) in [5.41, 5.74) is 2.69. The van der Waals surface area contributed by atoms with Crippen molar-refractivity contribution in [2.75, 3.05) is 27.9 Å². The summed E-state index contributed by atoms with van der Waals surface area (Å²) in [6.45, 7) is 1.92. The van der Waals surface area contributed by atoms with Crippen LogP contribution in [0.5, 0.6) is 17.2 Å². The lowest BCUT2D eigenvalue weighted by Gasteiger charge is -2.26. The molecule has 0 aliphatic carbocycles. The first-order valence-electron chi connectivity index (χ1n) is 12.8. The van der Waals surface area contributed by atoms with E-state index in [0.717, 1.165) is 24.0 Å². The number of thiazole rings is 1. The maximum absolute atomic E-state index is 14.2. The molecule has 0 N–H and O–H groups in total. The number of ether oxygens (including phenoxy) is 4. The van der Waals surface area contributed by atoms with Crippen molar-refractivity contribution in [1.29, 1.82) is 0 Å². The number of hydrogen-bond acceptors (Lipinski definition) is 8. The highest BCUT2D eigenvalue weighted by Gasteiger charge is 2.35. The summed E-state index contributed by atoms with van der Waals surface area (Å²) in [4.78, 5) is 33.2. The predicted molar refractivity (Wildman–Crippen MR) is 179 cm³/mol. The average molecular weight is 808 g/mol. The smallest absolute Gasteiger partial charge is 0.338 e. The molecule has 42 heavy (non-hydrogen) atoms. The second-order valence-corrected chi connectivity index (χ2v) is 12.4. The zero-order valence-electron chi connectivity index (χ0n) is 23.1. The first-order chi connectivity index (χ1) is 20.3. The van der Waals surface area contributed by atoms with Gasteiger partial charge in [0.05, 0.1) is 56.9 Å². The Morgan fingerprint density at radius 3 is 2.29 bits per heavy atom. The molecule has 5 rings (SSSR count). The molecule has 0 saturated carbocycles. The fourth-order valence-corrected chi connectivity index (χ4v) is 8.05. The van der Waals surface area contributed by atoms with Gasteiger partial charge in [0, 0.05) is 5.56 Å². The Balaban J connectivity index is 1.83. The molecule has 0 amide bonds. The Labute approximate surface area is 273 Å². The number of carbonyl (C=O) groups is 1. The van der Waals surface area contributed by atoms with E-state index in [1.165, 1.54) is 11.3 Å². The van der Waals surface area contributed by atoms with Crippen LogP contribution in [0.1, 0.15) is 29.7 Å². The van der Waals surface area contributed by atoms with Gasteiger partial charge < -0.3 is 18.9 Å². The summed E-state index contributed by atoms with van der Waals surface area (Å²) in [7, 11) is 4.73. The van der Waals surface area contributed by atoms with Crippen molar-refractivity contribution >= 4 is 74.3 Å². The SMILES string of the molecule is CCOC(=O)C1=C(c2ccccc2)N=c2s/c(=C\c3cc(I)c(OC)c(I)c3)c(=O)n2[C@@H]1c1ccc(OC)c(OC)c1. The molecule has 2 heterocycles. The molecule has 11 heteroatoms. The molecule has 1 aliphatic heterocycles. The molecule has 0 radical (unpaired) electrons. The maximum atomic E-state index is 14.2. The molecule has 0 bridgehead atoms. The third-order valence-electron chi connectivity index (χ3n) is 6.62.